The molecule has 30 heavy (non-hydrogen) atoms. The van der Waals surface area contributed by atoms with Crippen LogP contribution in [0.2, 0.25) is 10.0 Å². The van der Waals surface area contributed by atoms with Gasteiger partial charge in [0.15, 0.2) is 0 Å². The lowest BCUT2D eigenvalue weighted by Crippen LogP contribution is -2.31. The minimum absolute atomic E-state index is 0.331. The Morgan fingerprint density at radius 3 is 2.67 bits per heavy atom. The van der Waals surface area contributed by atoms with E-state index in [0.717, 1.165) is 0 Å². The number of fused-ring (bicyclic) bond motifs is 1. The fourth-order valence-electron chi connectivity index (χ4n) is 3.02. The highest BCUT2D eigenvalue weighted by Gasteiger charge is 2.21. The summed E-state index contributed by atoms with van der Waals surface area (Å²) in [5.74, 6) is -0.806. The second-order valence-corrected chi connectivity index (χ2v) is 8.28. The molecular weight excluding hydrogens is 448 g/mol. The number of halogens is 3. The highest BCUT2D eigenvalue weighted by molar-refractivity contribution is 7.17. The van der Waals surface area contributed by atoms with Crippen molar-refractivity contribution < 1.29 is 9.18 Å². The Hall–Kier alpha value is -2.74. The van der Waals surface area contributed by atoms with Gasteiger partial charge in [0.1, 0.15) is 16.7 Å². The summed E-state index contributed by atoms with van der Waals surface area (Å²) in [4.78, 5) is 30.8. The summed E-state index contributed by atoms with van der Waals surface area (Å²) in [6, 6.07) is 9.73. The van der Waals surface area contributed by atoms with E-state index in [1.807, 2.05) is 0 Å². The van der Waals surface area contributed by atoms with Crippen LogP contribution in [0.1, 0.15) is 13.0 Å². The van der Waals surface area contributed by atoms with Gasteiger partial charge < -0.3 is 5.32 Å². The maximum absolute atomic E-state index is 13.3. The summed E-state index contributed by atoms with van der Waals surface area (Å²) in [7, 11) is 0. The summed E-state index contributed by atoms with van der Waals surface area (Å²) >= 11 is 13.4. The van der Waals surface area contributed by atoms with Crippen LogP contribution in [0, 0.1) is 5.82 Å². The molecule has 0 unspecified atom stereocenters. The van der Waals surface area contributed by atoms with Crippen molar-refractivity contribution in [2.45, 2.75) is 13.0 Å². The van der Waals surface area contributed by atoms with E-state index >= 15 is 0 Å². The van der Waals surface area contributed by atoms with Crippen LogP contribution in [0.4, 0.5) is 10.1 Å². The lowest BCUT2D eigenvalue weighted by atomic mass is 10.1. The van der Waals surface area contributed by atoms with Crippen molar-refractivity contribution in [1.29, 1.82) is 0 Å². The first-order chi connectivity index (χ1) is 14.3. The van der Waals surface area contributed by atoms with Gasteiger partial charge in [0, 0.05) is 16.0 Å². The number of anilines is 1. The average Bonchev–Trinajstić information content (AvgIpc) is 3.16. The topological polar surface area (TPSA) is 64.0 Å². The maximum Gasteiger partial charge on any atom is 0.263 e. The van der Waals surface area contributed by atoms with Crippen molar-refractivity contribution in [3.63, 3.8) is 0 Å². The van der Waals surface area contributed by atoms with Gasteiger partial charge in [-0.15, -0.1) is 11.3 Å². The summed E-state index contributed by atoms with van der Waals surface area (Å²) in [6.07, 6.45) is 1.35. The van der Waals surface area contributed by atoms with E-state index in [-0.39, 0.29) is 11.4 Å². The molecule has 0 aliphatic rings. The van der Waals surface area contributed by atoms with E-state index in [1.54, 1.807) is 36.6 Å². The van der Waals surface area contributed by atoms with Gasteiger partial charge in [0.25, 0.3) is 5.56 Å². The molecular formula is C21H14Cl2FN3O2S. The van der Waals surface area contributed by atoms with E-state index in [1.165, 1.54) is 40.4 Å². The van der Waals surface area contributed by atoms with Gasteiger partial charge >= 0.3 is 0 Å². The monoisotopic (exact) mass is 461 g/mol. The van der Waals surface area contributed by atoms with Crippen molar-refractivity contribution in [2.24, 2.45) is 0 Å². The zero-order valence-corrected chi connectivity index (χ0v) is 17.9. The van der Waals surface area contributed by atoms with Gasteiger partial charge in [-0.1, -0.05) is 35.3 Å². The number of hydrogen-bond donors (Lipinski definition) is 1. The molecule has 9 heteroatoms. The second kappa shape index (κ2) is 8.18. The van der Waals surface area contributed by atoms with Crippen LogP contribution in [-0.4, -0.2) is 15.5 Å². The quantitative estimate of drug-likeness (QED) is 0.419. The Balaban J connectivity index is 1.72. The molecule has 0 radical (unpaired) electrons. The van der Waals surface area contributed by atoms with Crippen LogP contribution in [-0.2, 0) is 4.79 Å². The van der Waals surface area contributed by atoms with E-state index < -0.39 is 11.9 Å². The Morgan fingerprint density at radius 1 is 1.20 bits per heavy atom. The summed E-state index contributed by atoms with van der Waals surface area (Å²) < 4.78 is 14.5. The fourth-order valence-corrected chi connectivity index (χ4v) is 4.26. The number of nitrogens with one attached hydrogen (secondary N) is 1. The lowest BCUT2D eigenvalue weighted by Gasteiger charge is -2.16. The second-order valence-electron chi connectivity index (χ2n) is 6.58. The normalized spacial score (nSPS) is 12.1. The molecule has 2 aromatic heterocycles. The molecule has 4 rings (SSSR count). The number of benzene rings is 2. The van der Waals surface area contributed by atoms with Crippen LogP contribution in [0.25, 0.3) is 21.3 Å². The Kier molecular flexibility index (Phi) is 5.60. The molecule has 0 spiro atoms. The number of carbonyl (C=O) groups is 1. The predicted molar refractivity (Wildman–Crippen MR) is 119 cm³/mol. The van der Waals surface area contributed by atoms with Gasteiger partial charge in [0.2, 0.25) is 5.91 Å². The fraction of sp³-hybridized carbons (Fsp3) is 0.0952. The first kappa shape index (κ1) is 20.5. The van der Waals surface area contributed by atoms with E-state index in [9.17, 15) is 14.0 Å². The largest absolute Gasteiger partial charge is 0.323 e. The number of nitrogens with zero attached hydrogens (tertiary/aromatic N) is 2. The van der Waals surface area contributed by atoms with Crippen molar-refractivity contribution in [2.75, 3.05) is 5.32 Å². The third kappa shape index (κ3) is 3.84. The van der Waals surface area contributed by atoms with Crippen LogP contribution in [0.5, 0.6) is 0 Å². The summed E-state index contributed by atoms with van der Waals surface area (Å²) in [5, 5.41) is 5.62. The highest BCUT2D eigenvalue weighted by Crippen LogP contribution is 2.31. The Morgan fingerprint density at radius 2 is 1.93 bits per heavy atom. The van der Waals surface area contributed by atoms with Gasteiger partial charge in [-0.25, -0.2) is 9.37 Å². The minimum atomic E-state index is -0.856. The minimum Gasteiger partial charge on any atom is -0.323 e. The molecule has 0 aliphatic carbocycles. The van der Waals surface area contributed by atoms with Crippen molar-refractivity contribution in [3.8, 4) is 11.1 Å². The molecule has 0 fully saturated rings. The molecule has 0 bridgehead atoms. The van der Waals surface area contributed by atoms with E-state index in [0.29, 0.717) is 37.1 Å². The third-order valence-electron chi connectivity index (χ3n) is 4.66. The van der Waals surface area contributed by atoms with Crippen molar-refractivity contribution >= 4 is 56.3 Å². The highest BCUT2D eigenvalue weighted by atomic mass is 35.5. The third-order valence-corrected chi connectivity index (χ3v) is 6.11. The predicted octanol–water partition coefficient (Wildman–Crippen LogP) is 5.77. The molecule has 0 aliphatic heterocycles. The first-order valence-corrected chi connectivity index (χ1v) is 10.5. The SMILES string of the molecule is C[C@@H](C(=O)Nc1cc(Cl)ccc1Cl)n1cnc2scc(-c3ccc(F)cc3)c2c1=O. The lowest BCUT2D eigenvalue weighted by molar-refractivity contribution is -0.118. The van der Waals surface area contributed by atoms with Crippen LogP contribution < -0.4 is 10.9 Å². The Bertz CT molecular complexity index is 1320. The standard InChI is InChI=1S/C21H14Cl2FN3O2S/c1-11(19(28)26-17-8-13(22)4-7-16(17)23)27-10-25-20-18(21(27)29)15(9-30-20)12-2-5-14(24)6-3-12/h2-11H,1H3,(H,26,28)/t11-/m0/s1. The number of aromatic nitrogens is 2. The van der Waals surface area contributed by atoms with Gasteiger partial charge in [0.05, 0.1) is 22.4 Å². The first-order valence-electron chi connectivity index (χ1n) is 8.85. The molecule has 0 saturated carbocycles. The van der Waals surface area contributed by atoms with Crippen LogP contribution >= 0.6 is 34.5 Å². The molecule has 1 amide bonds. The van der Waals surface area contributed by atoms with Crippen LogP contribution in [0.3, 0.4) is 0 Å². The van der Waals surface area contributed by atoms with Crippen molar-refractivity contribution in [3.05, 3.63) is 80.4 Å². The number of thiophene rings is 1. The summed E-state index contributed by atoms with van der Waals surface area (Å²) in [6.45, 7) is 1.59. The smallest absolute Gasteiger partial charge is 0.263 e. The zero-order valence-electron chi connectivity index (χ0n) is 15.5. The molecule has 5 nitrogen and oxygen atoms in total. The number of carbonyl (C=O) groups excluding carboxylic acids is 1. The summed E-state index contributed by atoms with van der Waals surface area (Å²) in [5.41, 5.74) is 1.33. The van der Waals surface area contributed by atoms with E-state index in [2.05, 4.69) is 10.3 Å². The van der Waals surface area contributed by atoms with Gasteiger partial charge in [-0.3, -0.25) is 14.2 Å². The molecule has 2 heterocycles. The average molecular weight is 462 g/mol. The van der Waals surface area contributed by atoms with E-state index in [4.69, 9.17) is 23.2 Å². The molecule has 152 valence electrons. The Labute approximate surface area is 184 Å². The molecule has 1 atom stereocenters. The number of hydrogen-bond acceptors (Lipinski definition) is 4. The van der Waals surface area contributed by atoms with Crippen LogP contribution in [0.15, 0.2) is 59.0 Å². The molecule has 1 N–H and O–H groups in total. The molecule has 2 aromatic carbocycles. The molecule has 4 aromatic rings. The van der Waals surface area contributed by atoms with Crippen molar-refractivity contribution in [1.82, 2.24) is 9.55 Å². The maximum atomic E-state index is 13.3. The number of rotatable bonds is 4. The molecule has 0 saturated heterocycles. The zero-order chi connectivity index (χ0) is 21.4. The van der Waals surface area contributed by atoms with Gasteiger partial charge in [-0.2, -0.15) is 0 Å². The number of amides is 1. The van der Waals surface area contributed by atoms with Gasteiger partial charge in [-0.05, 0) is 42.8 Å².